The van der Waals surface area contributed by atoms with Crippen molar-refractivity contribution in [1.29, 1.82) is 0 Å². The Morgan fingerprint density at radius 2 is 1.79 bits per heavy atom. The lowest BCUT2D eigenvalue weighted by molar-refractivity contribution is -0.142. The maximum Gasteiger partial charge on any atom is 0.344 e. The number of esters is 1. The normalized spacial score (nSPS) is 23.7. The number of ether oxygens (including phenoxy) is 1. The van der Waals surface area contributed by atoms with Gasteiger partial charge < -0.3 is 10.1 Å². The van der Waals surface area contributed by atoms with Crippen molar-refractivity contribution in [2.75, 3.05) is 0 Å². The number of nitrogens with zero attached hydrogens (tertiary/aromatic N) is 1. The number of hydrogen-bond acceptors (Lipinski definition) is 5. The van der Waals surface area contributed by atoms with Crippen LogP contribution < -0.4 is 10.7 Å². The first-order valence-electron chi connectivity index (χ1n) is 8.72. The summed E-state index contributed by atoms with van der Waals surface area (Å²) >= 11 is 0. The van der Waals surface area contributed by atoms with Crippen LogP contribution in [0.1, 0.15) is 28.4 Å². The van der Waals surface area contributed by atoms with Crippen molar-refractivity contribution in [2.45, 2.75) is 25.0 Å². The van der Waals surface area contributed by atoms with Crippen LogP contribution in [0.25, 0.3) is 0 Å². The molecule has 0 radical (unpaired) electrons. The van der Waals surface area contributed by atoms with Crippen molar-refractivity contribution >= 4 is 23.8 Å². The van der Waals surface area contributed by atoms with Gasteiger partial charge in [0.2, 0.25) is 0 Å². The monoisotopic (exact) mass is 379 g/mol. The fourth-order valence-corrected chi connectivity index (χ4v) is 3.37. The number of fused-ring (bicyclic) bond motifs is 1. The lowest BCUT2D eigenvalue weighted by Gasteiger charge is -2.26. The van der Waals surface area contributed by atoms with Crippen LogP contribution in [0.5, 0.6) is 0 Å². The zero-order valence-electron chi connectivity index (χ0n) is 15.0. The molecule has 0 saturated carbocycles. The summed E-state index contributed by atoms with van der Waals surface area (Å²) in [7, 11) is 0. The molecule has 0 bridgehead atoms. The van der Waals surface area contributed by atoms with Crippen molar-refractivity contribution in [3.8, 4) is 0 Å². The average molecular weight is 379 g/mol. The van der Waals surface area contributed by atoms with E-state index in [1.807, 2.05) is 0 Å². The number of carbonyl (C=O) groups is 4. The third kappa shape index (κ3) is 2.79. The van der Waals surface area contributed by atoms with Crippen LogP contribution in [0.15, 0.2) is 54.6 Å². The summed E-state index contributed by atoms with van der Waals surface area (Å²) in [6.45, 7) is 1.56. The third-order valence-corrected chi connectivity index (χ3v) is 4.95. The topological polar surface area (TPSA) is 105 Å². The fraction of sp³-hybridized carbons (Fsp3) is 0.200. The highest BCUT2D eigenvalue weighted by Gasteiger charge is 2.50. The highest BCUT2D eigenvalue weighted by Crippen LogP contribution is 2.28. The number of benzene rings is 2. The molecule has 0 aliphatic carbocycles. The van der Waals surface area contributed by atoms with E-state index in [2.05, 4.69) is 10.7 Å². The Bertz CT molecular complexity index is 990. The van der Waals surface area contributed by atoms with Crippen molar-refractivity contribution in [3.05, 3.63) is 71.3 Å². The van der Waals surface area contributed by atoms with Crippen LogP contribution in [0.2, 0.25) is 0 Å². The molecule has 2 aliphatic rings. The molecule has 8 nitrogen and oxygen atoms in total. The molecule has 2 unspecified atom stereocenters. The van der Waals surface area contributed by atoms with Gasteiger partial charge in [0, 0.05) is 6.42 Å². The Morgan fingerprint density at radius 3 is 2.54 bits per heavy atom. The Kier molecular flexibility index (Phi) is 4.11. The van der Waals surface area contributed by atoms with Gasteiger partial charge in [-0.25, -0.2) is 9.59 Å². The van der Waals surface area contributed by atoms with Gasteiger partial charge >= 0.3 is 12.0 Å². The minimum atomic E-state index is -1.30. The molecule has 1 saturated heterocycles. The average Bonchev–Trinajstić information content (AvgIpc) is 2.92. The smallest absolute Gasteiger partial charge is 0.344 e. The number of imide groups is 1. The number of cyclic esters (lactones) is 1. The number of rotatable bonds is 3. The van der Waals surface area contributed by atoms with E-state index in [1.54, 1.807) is 61.5 Å². The van der Waals surface area contributed by atoms with E-state index in [-0.39, 0.29) is 6.42 Å². The predicted molar refractivity (Wildman–Crippen MR) is 96.7 cm³/mol. The number of carbonyl (C=O) groups excluding carboxylic acids is 4. The Morgan fingerprint density at radius 1 is 1.11 bits per heavy atom. The molecule has 4 amide bonds. The summed E-state index contributed by atoms with van der Waals surface area (Å²) in [5.41, 5.74) is 2.63. The number of nitrogens with one attached hydrogen (secondary N) is 2. The van der Waals surface area contributed by atoms with Crippen LogP contribution in [-0.4, -0.2) is 34.9 Å². The molecular weight excluding hydrogens is 362 g/mol. The van der Waals surface area contributed by atoms with Gasteiger partial charge in [-0.1, -0.05) is 48.5 Å². The zero-order chi connectivity index (χ0) is 19.9. The highest BCUT2D eigenvalue weighted by atomic mass is 16.5. The molecule has 0 spiro atoms. The zero-order valence-corrected chi connectivity index (χ0v) is 15.0. The second kappa shape index (κ2) is 6.49. The molecular formula is C20H17N3O5. The number of hydrogen-bond donors (Lipinski definition) is 2. The fourth-order valence-electron chi connectivity index (χ4n) is 3.37. The van der Waals surface area contributed by atoms with Crippen LogP contribution in [0, 0.1) is 0 Å². The summed E-state index contributed by atoms with van der Waals surface area (Å²) in [5, 5.41) is 3.22. The summed E-state index contributed by atoms with van der Waals surface area (Å²) in [6, 6.07) is 14.8. The molecule has 2 aromatic carbocycles. The molecule has 8 heteroatoms. The van der Waals surface area contributed by atoms with Gasteiger partial charge in [-0.15, -0.1) is 0 Å². The summed E-state index contributed by atoms with van der Waals surface area (Å²) in [4.78, 5) is 49.8. The molecule has 4 rings (SSSR count). The van der Waals surface area contributed by atoms with E-state index in [0.717, 1.165) is 0 Å². The van der Waals surface area contributed by atoms with Gasteiger partial charge in [0.05, 0.1) is 5.56 Å². The number of hydrazine groups is 1. The van der Waals surface area contributed by atoms with Crippen molar-refractivity contribution in [2.24, 2.45) is 0 Å². The quantitative estimate of drug-likeness (QED) is 0.617. The molecule has 2 atom stereocenters. The van der Waals surface area contributed by atoms with Crippen molar-refractivity contribution in [1.82, 2.24) is 15.8 Å². The first-order chi connectivity index (χ1) is 13.4. The molecule has 2 heterocycles. The Hall–Kier alpha value is -3.68. The first-order valence-corrected chi connectivity index (χ1v) is 8.72. The minimum absolute atomic E-state index is 0.160. The van der Waals surface area contributed by atoms with Crippen LogP contribution >= 0.6 is 0 Å². The SMILES string of the molecule is CC1(c2ccccc2)NC(=O)N(NC(=O)C2Cc3ccccc3C(=O)O2)C1=O. The van der Waals surface area contributed by atoms with Gasteiger partial charge in [-0.2, -0.15) is 5.01 Å². The first kappa shape index (κ1) is 17.7. The largest absolute Gasteiger partial charge is 0.448 e. The summed E-state index contributed by atoms with van der Waals surface area (Å²) in [5.74, 6) is -1.99. The second-order valence-electron chi connectivity index (χ2n) is 6.79. The van der Waals surface area contributed by atoms with Gasteiger partial charge in [0.25, 0.3) is 11.8 Å². The summed E-state index contributed by atoms with van der Waals surface area (Å²) in [6.07, 6.45) is -0.973. The maximum atomic E-state index is 12.8. The van der Waals surface area contributed by atoms with Gasteiger partial charge in [0.1, 0.15) is 5.54 Å². The van der Waals surface area contributed by atoms with Crippen molar-refractivity contribution in [3.63, 3.8) is 0 Å². The van der Waals surface area contributed by atoms with E-state index in [1.165, 1.54) is 0 Å². The van der Waals surface area contributed by atoms with Gasteiger partial charge in [0.15, 0.2) is 6.10 Å². The summed E-state index contributed by atoms with van der Waals surface area (Å²) < 4.78 is 5.17. The number of amides is 4. The van der Waals surface area contributed by atoms with Crippen LogP contribution in [0.3, 0.4) is 0 Å². The third-order valence-electron chi connectivity index (χ3n) is 4.95. The van der Waals surface area contributed by atoms with Gasteiger partial charge in [-0.3, -0.25) is 15.0 Å². The van der Waals surface area contributed by atoms with E-state index in [4.69, 9.17) is 4.74 Å². The molecule has 142 valence electrons. The van der Waals surface area contributed by atoms with E-state index < -0.39 is 35.5 Å². The second-order valence-corrected chi connectivity index (χ2v) is 6.79. The lowest BCUT2D eigenvalue weighted by Crippen LogP contribution is -2.52. The maximum absolute atomic E-state index is 12.8. The highest BCUT2D eigenvalue weighted by molar-refractivity contribution is 6.08. The minimum Gasteiger partial charge on any atom is -0.448 e. The molecule has 0 aromatic heterocycles. The molecule has 2 N–H and O–H groups in total. The molecule has 28 heavy (non-hydrogen) atoms. The number of urea groups is 1. The molecule has 1 fully saturated rings. The molecule has 2 aromatic rings. The molecule has 2 aliphatic heterocycles. The Balaban J connectivity index is 1.52. The standard InChI is InChI=1S/C20H17N3O5/c1-20(13-8-3-2-4-9-13)18(26)23(19(27)21-20)22-16(24)15-11-12-7-5-6-10-14(12)17(25)28-15/h2-10,15H,11H2,1H3,(H,21,27)(H,22,24). The van der Waals surface area contributed by atoms with E-state index in [9.17, 15) is 19.2 Å². The lowest BCUT2D eigenvalue weighted by atomic mass is 9.92. The van der Waals surface area contributed by atoms with Gasteiger partial charge in [-0.05, 0) is 24.1 Å². The predicted octanol–water partition coefficient (Wildman–Crippen LogP) is 1.27. The van der Waals surface area contributed by atoms with Crippen LogP contribution in [-0.2, 0) is 26.3 Å². The van der Waals surface area contributed by atoms with Crippen LogP contribution in [0.4, 0.5) is 4.79 Å². The van der Waals surface area contributed by atoms with Crippen molar-refractivity contribution < 1.29 is 23.9 Å². The van der Waals surface area contributed by atoms with E-state index in [0.29, 0.717) is 21.7 Å². The van der Waals surface area contributed by atoms with E-state index >= 15 is 0 Å². The Labute approximate surface area is 160 Å².